The lowest BCUT2D eigenvalue weighted by Gasteiger charge is -2.36. The molecule has 0 aliphatic carbocycles. The molecular formula is C13H25N3O. The van der Waals surface area contributed by atoms with E-state index in [9.17, 15) is 4.79 Å². The van der Waals surface area contributed by atoms with Crippen molar-refractivity contribution >= 4 is 5.91 Å². The SMILES string of the molecule is CC1NCCCN(CC2CCCCN2C)C1=O. The number of nitrogens with zero attached hydrogens (tertiary/aromatic N) is 2. The molecule has 4 heteroatoms. The molecule has 2 aliphatic rings. The van der Waals surface area contributed by atoms with Crippen LogP contribution in [0.5, 0.6) is 0 Å². The third kappa shape index (κ3) is 3.19. The first kappa shape index (κ1) is 12.8. The zero-order chi connectivity index (χ0) is 12.3. The molecule has 0 saturated carbocycles. The number of likely N-dealkylation sites (N-methyl/N-ethyl adjacent to an activating group) is 1. The zero-order valence-corrected chi connectivity index (χ0v) is 11.1. The molecule has 2 aliphatic heterocycles. The van der Waals surface area contributed by atoms with E-state index in [0.29, 0.717) is 6.04 Å². The highest BCUT2D eigenvalue weighted by Crippen LogP contribution is 2.17. The van der Waals surface area contributed by atoms with Gasteiger partial charge in [-0.2, -0.15) is 0 Å². The number of rotatable bonds is 2. The lowest BCUT2D eigenvalue weighted by atomic mass is 10.0. The summed E-state index contributed by atoms with van der Waals surface area (Å²) in [4.78, 5) is 16.7. The van der Waals surface area contributed by atoms with E-state index in [-0.39, 0.29) is 11.9 Å². The van der Waals surface area contributed by atoms with Gasteiger partial charge in [-0.15, -0.1) is 0 Å². The first-order valence-electron chi connectivity index (χ1n) is 6.91. The maximum absolute atomic E-state index is 12.2. The Morgan fingerprint density at radius 1 is 1.29 bits per heavy atom. The van der Waals surface area contributed by atoms with Gasteiger partial charge in [-0.3, -0.25) is 4.79 Å². The van der Waals surface area contributed by atoms with E-state index < -0.39 is 0 Å². The van der Waals surface area contributed by atoms with E-state index in [1.807, 2.05) is 6.92 Å². The van der Waals surface area contributed by atoms with E-state index in [4.69, 9.17) is 0 Å². The third-order valence-corrected chi connectivity index (χ3v) is 4.09. The summed E-state index contributed by atoms with van der Waals surface area (Å²) in [5.41, 5.74) is 0. The van der Waals surface area contributed by atoms with Crippen molar-refractivity contribution in [3.63, 3.8) is 0 Å². The highest BCUT2D eigenvalue weighted by Gasteiger charge is 2.27. The maximum atomic E-state index is 12.2. The molecule has 2 atom stereocenters. The number of likely N-dealkylation sites (tertiary alicyclic amines) is 1. The second-order valence-corrected chi connectivity index (χ2v) is 5.44. The largest absolute Gasteiger partial charge is 0.340 e. The van der Waals surface area contributed by atoms with Gasteiger partial charge in [0.2, 0.25) is 5.91 Å². The zero-order valence-electron chi connectivity index (χ0n) is 11.1. The van der Waals surface area contributed by atoms with Crippen LogP contribution < -0.4 is 5.32 Å². The van der Waals surface area contributed by atoms with Gasteiger partial charge in [-0.1, -0.05) is 6.42 Å². The molecule has 4 nitrogen and oxygen atoms in total. The van der Waals surface area contributed by atoms with Gasteiger partial charge >= 0.3 is 0 Å². The van der Waals surface area contributed by atoms with E-state index in [0.717, 1.165) is 26.1 Å². The predicted molar refractivity (Wildman–Crippen MR) is 68.9 cm³/mol. The van der Waals surface area contributed by atoms with Gasteiger partial charge in [-0.25, -0.2) is 0 Å². The molecule has 0 radical (unpaired) electrons. The lowest BCUT2D eigenvalue weighted by molar-refractivity contribution is -0.133. The van der Waals surface area contributed by atoms with E-state index in [2.05, 4.69) is 22.2 Å². The van der Waals surface area contributed by atoms with Gasteiger partial charge in [0.05, 0.1) is 6.04 Å². The molecule has 0 aromatic rings. The number of amides is 1. The van der Waals surface area contributed by atoms with Gasteiger partial charge in [0.25, 0.3) is 0 Å². The fraction of sp³-hybridized carbons (Fsp3) is 0.923. The summed E-state index contributed by atoms with van der Waals surface area (Å²) >= 11 is 0. The molecular weight excluding hydrogens is 214 g/mol. The highest BCUT2D eigenvalue weighted by atomic mass is 16.2. The first-order chi connectivity index (χ1) is 8.18. The number of piperidine rings is 1. The fourth-order valence-corrected chi connectivity index (χ4v) is 2.87. The van der Waals surface area contributed by atoms with Crippen molar-refractivity contribution in [2.45, 2.75) is 44.7 Å². The molecule has 0 bridgehead atoms. The Labute approximate surface area is 104 Å². The lowest BCUT2D eigenvalue weighted by Crippen LogP contribution is -2.49. The Morgan fingerprint density at radius 2 is 2.12 bits per heavy atom. The summed E-state index contributed by atoms with van der Waals surface area (Å²) in [5.74, 6) is 0.279. The Bertz CT molecular complexity index is 269. The molecule has 1 amide bonds. The van der Waals surface area contributed by atoms with Crippen molar-refractivity contribution in [2.75, 3.05) is 33.2 Å². The van der Waals surface area contributed by atoms with Crippen LogP contribution >= 0.6 is 0 Å². The maximum Gasteiger partial charge on any atom is 0.239 e. The second kappa shape index (κ2) is 5.83. The quantitative estimate of drug-likeness (QED) is 0.770. The Morgan fingerprint density at radius 3 is 2.88 bits per heavy atom. The number of nitrogens with one attached hydrogen (secondary N) is 1. The van der Waals surface area contributed by atoms with Gasteiger partial charge in [0.1, 0.15) is 0 Å². The van der Waals surface area contributed by atoms with Crippen LogP contribution in [0, 0.1) is 0 Å². The Hall–Kier alpha value is -0.610. The van der Waals surface area contributed by atoms with Crippen LogP contribution in [0.15, 0.2) is 0 Å². The molecule has 2 fully saturated rings. The summed E-state index contributed by atoms with van der Waals surface area (Å²) in [6.45, 7) is 5.96. The molecule has 2 saturated heterocycles. The van der Waals surface area contributed by atoms with E-state index in [1.54, 1.807) is 0 Å². The van der Waals surface area contributed by atoms with Crippen LogP contribution in [0.25, 0.3) is 0 Å². The summed E-state index contributed by atoms with van der Waals surface area (Å²) in [7, 11) is 2.19. The number of carbonyl (C=O) groups is 1. The van der Waals surface area contributed by atoms with Gasteiger partial charge in [0, 0.05) is 19.1 Å². The van der Waals surface area contributed by atoms with Crippen molar-refractivity contribution in [3.8, 4) is 0 Å². The van der Waals surface area contributed by atoms with Crippen LogP contribution in [0.3, 0.4) is 0 Å². The van der Waals surface area contributed by atoms with Gasteiger partial charge in [-0.05, 0) is 46.3 Å². The molecule has 2 heterocycles. The molecule has 17 heavy (non-hydrogen) atoms. The van der Waals surface area contributed by atoms with Gasteiger partial charge < -0.3 is 15.1 Å². The van der Waals surface area contributed by atoms with E-state index >= 15 is 0 Å². The molecule has 1 N–H and O–H groups in total. The summed E-state index contributed by atoms with van der Waals surface area (Å²) in [6.07, 6.45) is 4.93. The topological polar surface area (TPSA) is 35.6 Å². The minimum atomic E-state index is -0.00797. The molecule has 2 rings (SSSR count). The standard InChI is InChI=1S/C13H25N3O/c1-11-13(17)16(9-5-7-14-11)10-12-6-3-4-8-15(12)2/h11-12,14H,3-10H2,1-2H3. The Kier molecular flexibility index (Phi) is 4.40. The molecule has 2 unspecified atom stereocenters. The minimum absolute atomic E-state index is 0.00797. The van der Waals surface area contributed by atoms with Crippen molar-refractivity contribution < 1.29 is 4.79 Å². The number of carbonyl (C=O) groups excluding carboxylic acids is 1. The smallest absolute Gasteiger partial charge is 0.239 e. The Balaban J connectivity index is 1.93. The average Bonchev–Trinajstić information content (AvgIpc) is 2.47. The van der Waals surface area contributed by atoms with Crippen LogP contribution in [0.2, 0.25) is 0 Å². The van der Waals surface area contributed by atoms with Crippen molar-refractivity contribution in [1.82, 2.24) is 15.1 Å². The van der Waals surface area contributed by atoms with Crippen molar-refractivity contribution in [1.29, 1.82) is 0 Å². The normalized spacial score (nSPS) is 32.6. The van der Waals surface area contributed by atoms with Crippen LogP contribution in [0.4, 0.5) is 0 Å². The second-order valence-electron chi connectivity index (χ2n) is 5.44. The monoisotopic (exact) mass is 239 g/mol. The predicted octanol–water partition coefficient (Wildman–Crippen LogP) is 0.681. The first-order valence-corrected chi connectivity index (χ1v) is 6.91. The van der Waals surface area contributed by atoms with Crippen LogP contribution in [-0.4, -0.2) is 61.0 Å². The van der Waals surface area contributed by atoms with E-state index in [1.165, 1.54) is 25.8 Å². The van der Waals surface area contributed by atoms with Crippen LogP contribution in [0.1, 0.15) is 32.6 Å². The molecule has 0 aromatic carbocycles. The minimum Gasteiger partial charge on any atom is -0.340 e. The fourth-order valence-electron chi connectivity index (χ4n) is 2.87. The molecule has 0 spiro atoms. The highest BCUT2D eigenvalue weighted by molar-refractivity contribution is 5.81. The number of hydrogen-bond acceptors (Lipinski definition) is 3. The van der Waals surface area contributed by atoms with Crippen molar-refractivity contribution in [3.05, 3.63) is 0 Å². The summed E-state index contributed by atoms with van der Waals surface area (Å²) in [5, 5.41) is 3.27. The van der Waals surface area contributed by atoms with Crippen LogP contribution in [-0.2, 0) is 4.79 Å². The van der Waals surface area contributed by atoms with Gasteiger partial charge in [0.15, 0.2) is 0 Å². The summed E-state index contributed by atoms with van der Waals surface area (Å²) in [6, 6.07) is 0.560. The third-order valence-electron chi connectivity index (χ3n) is 4.09. The van der Waals surface area contributed by atoms with Crippen molar-refractivity contribution in [2.24, 2.45) is 0 Å². The molecule has 0 aromatic heterocycles. The number of hydrogen-bond donors (Lipinski definition) is 1. The summed E-state index contributed by atoms with van der Waals surface area (Å²) < 4.78 is 0. The molecule has 98 valence electrons. The average molecular weight is 239 g/mol.